The molecule has 0 aliphatic heterocycles. The number of nitro groups is 1. The zero-order valence-electron chi connectivity index (χ0n) is 12.8. The summed E-state index contributed by atoms with van der Waals surface area (Å²) in [6, 6.07) is 7.25. The van der Waals surface area contributed by atoms with Crippen LogP contribution in [0.15, 0.2) is 35.1 Å². The molecule has 0 saturated carbocycles. The van der Waals surface area contributed by atoms with Gasteiger partial charge in [-0.05, 0) is 19.4 Å². The van der Waals surface area contributed by atoms with Crippen LogP contribution in [0.1, 0.15) is 29.5 Å². The Hall–Kier alpha value is -3.03. The number of benzene rings is 1. The summed E-state index contributed by atoms with van der Waals surface area (Å²) in [6.07, 6.45) is 0.718. The highest BCUT2D eigenvalue weighted by Crippen LogP contribution is 2.22. The largest absolute Gasteiger partial charge is 0.351 e. The molecule has 0 aliphatic carbocycles. The van der Waals surface area contributed by atoms with Gasteiger partial charge in [0.05, 0.1) is 4.92 Å². The lowest BCUT2D eigenvalue weighted by Gasteiger charge is -2.11. The molecule has 0 unspecified atom stereocenters. The maximum atomic E-state index is 12.0. The number of amides is 1. The molecular weight excluding hydrogens is 300 g/mol. The van der Waals surface area contributed by atoms with Gasteiger partial charge in [0.1, 0.15) is 5.69 Å². The van der Waals surface area contributed by atoms with Gasteiger partial charge < -0.3 is 5.32 Å². The lowest BCUT2D eigenvalue weighted by Crippen LogP contribution is -2.32. The molecule has 120 valence electrons. The molecule has 1 aromatic carbocycles. The third-order valence-electron chi connectivity index (χ3n) is 3.16. The summed E-state index contributed by atoms with van der Waals surface area (Å²) >= 11 is 0. The molecule has 1 amide bonds. The Morgan fingerprint density at radius 2 is 2.09 bits per heavy atom. The number of hydrogen-bond acceptors (Lipinski definition) is 5. The van der Waals surface area contributed by atoms with Crippen molar-refractivity contribution in [1.29, 1.82) is 0 Å². The van der Waals surface area contributed by atoms with Crippen LogP contribution in [0, 0.1) is 17.0 Å². The Balaban J connectivity index is 2.59. The first kappa shape index (κ1) is 16.3. The normalized spacial score (nSPS) is 10.3. The van der Waals surface area contributed by atoms with Crippen LogP contribution < -0.4 is 10.7 Å². The summed E-state index contributed by atoms with van der Waals surface area (Å²) in [5.74, 6) is -0.593. The smallest absolute Gasteiger partial charge is 0.294 e. The first-order chi connectivity index (χ1) is 11.0. The molecule has 0 bridgehead atoms. The Morgan fingerprint density at radius 1 is 1.39 bits per heavy atom. The van der Waals surface area contributed by atoms with E-state index in [0.29, 0.717) is 12.2 Å². The zero-order chi connectivity index (χ0) is 17.0. The highest BCUT2D eigenvalue weighted by atomic mass is 16.6. The summed E-state index contributed by atoms with van der Waals surface area (Å²) < 4.78 is 1.24. The van der Waals surface area contributed by atoms with Gasteiger partial charge in [-0.15, -0.1) is 0 Å². The lowest BCUT2D eigenvalue weighted by atomic mass is 10.2. The Labute approximate surface area is 131 Å². The highest BCUT2D eigenvalue weighted by Gasteiger charge is 2.19. The van der Waals surface area contributed by atoms with E-state index in [2.05, 4.69) is 10.4 Å². The van der Waals surface area contributed by atoms with Crippen LogP contribution in [-0.4, -0.2) is 27.2 Å². The molecule has 1 heterocycles. The monoisotopic (exact) mass is 316 g/mol. The van der Waals surface area contributed by atoms with Gasteiger partial charge in [0.15, 0.2) is 5.69 Å². The number of aryl methyl sites for hydroxylation is 1. The number of hydrogen-bond donors (Lipinski definition) is 1. The Kier molecular flexibility index (Phi) is 4.85. The SMILES string of the molecule is CCCNC(=O)c1nn(-c2ccccc2[N+](=O)[O-])c(C)cc1=O. The van der Waals surface area contributed by atoms with Crippen LogP contribution in [0.4, 0.5) is 5.69 Å². The van der Waals surface area contributed by atoms with E-state index in [4.69, 9.17) is 0 Å². The molecule has 0 saturated heterocycles. The second kappa shape index (κ2) is 6.82. The average Bonchev–Trinajstić information content (AvgIpc) is 2.52. The molecule has 0 radical (unpaired) electrons. The van der Waals surface area contributed by atoms with Gasteiger partial charge in [0.2, 0.25) is 5.43 Å². The Morgan fingerprint density at radius 3 is 2.74 bits per heavy atom. The third-order valence-corrected chi connectivity index (χ3v) is 3.16. The standard InChI is InChI=1S/C15H16N4O4/c1-3-8-16-15(21)14-13(20)9-10(2)18(17-14)11-6-4-5-7-12(11)19(22)23/h4-7,9H,3,8H2,1-2H3,(H,16,21). The molecule has 2 rings (SSSR count). The average molecular weight is 316 g/mol. The summed E-state index contributed by atoms with van der Waals surface area (Å²) in [6.45, 7) is 3.90. The molecule has 2 aromatic rings. The molecule has 23 heavy (non-hydrogen) atoms. The van der Waals surface area contributed by atoms with Crippen molar-refractivity contribution in [3.8, 4) is 5.69 Å². The van der Waals surface area contributed by atoms with Crippen molar-refractivity contribution < 1.29 is 9.72 Å². The Bertz CT molecular complexity index is 813. The van der Waals surface area contributed by atoms with E-state index < -0.39 is 16.3 Å². The molecule has 8 nitrogen and oxygen atoms in total. The molecule has 1 N–H and O–H groups in total. The quantitative estimate of drug-likeness (QED) is 0.666. The van der Waals surface area contributed by atoms with E-state index in [1.165, 1.54) is 28.9 Å². The van der Waals surface area contributed by atoms with Crippen molar-refractivity contribution in [3.63, 3.8) is 0 Å². The third kappa shape index (κ3) is 3.42. The second-order valence-corrected chi connectivity index (χ2v) is 4.91. The fraction of sp³-hybridized carbons (Fsp3) is 0.267. The second-order valence-electron chi connectivity index (χ2n) is 4.91. The van der Waals surface area contributed by atoms with Crippen molar-refractivity contribution >= 4 is 11.6 Å². The van der Waals surface area contributed by atoms with Crippen molar-refractivity contribution in [2.24, 2.45) is 0 Å². The minimum Gasteiger partial charge on any atom is -0.351 e. The zero-order valence-corrected chi connectivity index (χ0v) is 12.8. The van der Waals surface area contributed by atoms with E-state index >= 15 is 0 Å². The molecule has 0 spiro atoms. The van der Waals surface area contributed by atoms with Crippen molar-refractivity contribution in [2.45, 2.75) is 20.3 Å². The van der Waals surface area contributed by atoms with Crippen molar-refractivity contribution in [3.05, 3.63) is 62.1 Å². The highest BCUT2D eigenvalue weighted by molar-refractivity contribution is 5.92. The number of nitrogens with zero attached hydrogens (tertiary/aromatic N) is 3. The van der Waals surface area contributed by atoms with Gasteiger partial charge in [0, 0.05) is 24.4 Å². The van der Waals surface area contributed by atoms with Crippen LogP contribution in [-0.2, 0) is 0 Å². The fourth-order valence-corrected chi connectivity index (χ4v) is 2.07. The van der Waals surface area contributed by atoms with Gasteiger partial charge in [-0.3, -0.25) is 19.7 Å². The van der Waals surface area contributed by atoms with Gasteiger partial charge >= 0.3 is 0 Å². The van der Waals surface area contributed by atoms with Crippen LogP contribution >= 0.6 is 0 Å². The summed E-state index contributed by atoms with van der Waals surface area (Å²) in [5, 5.41) is 17.8. The molecule has 1 aromatic heterocycles. The minimum absolute atomic E-state index is 0.160. The van der Waals surface area contributed by atoms with Crippen LogP contribution in [0.3, 0.4) is 0 Å². The summed E-state index contributed by atoms with van der Waals surface area (Å²) in [5.41, 5.74) is -0.379. The van der Waals surface area contributed by atoms with Gasteiger partial charge in [-0.2, -0.15) is 5.10 Å². The first-order valence-corrected chi connectivity index (χ1v) is 7.08. The minimum atomic E-state index is -0.593. The van der Waals surface area contributed by atoms with Crippen LogP contribution in [0.5, 0.6) is 0 Å². The number of carbonyl (C=O) groups excluding carboxylic acids is 1. The number of nitrogens with one attached hydrogen (secondary N) is 1. The van der Waals surface area contributed by atoms with E-state index in [1.807, 2.05) is 6.92 Å². The molecule has 0 fully saturated rings. The van der Waals surface area contributed by atoms with Gasteiger partial charge in [0.25, 0.3) is 11.6 Å². The number of nitro benzene ring substituents is 1. The number of rotatable bonds is 5. The summed E-state index contributed by atoms with van der Waals surface area (Å²) in [7, 11) is 0. The van der Waals surface area contributed by atoms with Crippen molar-refractivity contribution in [1.82, 2.24) is 15.1 Å². The molecule has 0 atom stereocenters. The van der Waals surface area contributed by atoms with Crippen LogP contribution in [0.2, 0.25) is 0 Å². The van der Waals surface area contributed by atoms with E-state index in [9.17, 15) is 19.7 Å². The van der Waals surface area contributed by atoms with Crippen LogP contribution in [0.25, 0.3) is 5.69 Å². The van der Waals surface area contributed by atoms with Gasteiger partial charge in [-0.1, -0.05) is 19.1 Å². The fourth-order valence-electron chi connectivity index (χ4n) is 2.07. The van der Waals surface area contributed by atoms with E-state index in [0.717, 1.165) is 6.42 Å². The summed E-state index contributed by atoms with van der Waals surface area (Å²) in [4.78, 5) is 34.6. The predicted molar refractivity (Wildman–Crippen MR) is 83.8 cm³/mol. The maximum Gasteiger partial charge on any atom is 0.294 e. The lowest BCUT2D eigenvalue weighted by molar-refractivity contribution is -0.384. The van der Waals surface area contributed by atoms with E-state index in [1.54, 1.807) is 13.0 Å². The molecule has 0 aliphatic rings. The van der Waals surface area contributed by atoms with Gasteiger partial charge in [-0.25, -0.2) is 4.68 Å². The molecular formula is C15H16N4O4. The topological polar surface area (TPSA) is 107 Å². The van der Waals surface area contributed by atoms with Crippen molar-refractivity contribution in [2.75, 3.05) is 6.54 Å². The molecule has 8 heteroatoms. The first-order valence-electron chi connectivity index (χ1n) is 7.08. The number of aromatic nitrogens is 2. The maximum absolute atomic E-state index is 12.0. The number of para-hydroxylation sites is 2. The number of carbonyl (C=O) groups is 1. The van der Waals surface area contributed by atoms with E-state index in [-0.39, 0.29) is 17.1 Å². The predicted octanol–water partition coefficient (Wildman–Crippen LogP) is 1.59.